The Morgan fingerprint density at radius 1 is 1.21 bits per heavy atom. The Balaban J connectivity index is 1.56. The van der Waals surface area contributed by atoms with Gasteiger partial charge in [0.1, 0.15) is 12.4 Å². The molecular formula is C20H20Cl2N4O2S. The second-order valence-corrected chi connectivity index (χ2v) is 8.19. The molecular weight excluding hydrogens is 431 g/mol. The van der Waals surface area contributed by atoms with Crippen LogP contribution in [0.1, 0.15) is 17.0 Å². The Bertz CT molecular complexity index is 1040. The zero-order chi connectivity index (χ0) is 21.0. The SMILES string of the molecule is Cc1cc(Cl)ccc1OCc1nnc(SCC(=O)Nc2cccc(Cl)c2C)n1C. The predicted molar refractivity (Wildman–Crippen MR) is 117 cm³/mol. The summed E-state index contributed by atoms with van der Waals surface area (Å²) in [6.45, 7) is 4.06. The lowest BCUT2D eigenvalue weighted by atomic mass is 10.2. The lowest BCUT2D eigenvalue weighted by Crippen LogP contribution is -2.15. The van der Waals surface area contributed by atoms with Gasteiger partial charge in [-0.2, -0.15) is 0 Å². The van der Waals surface area contributed by atoms with Gasteiger partial charge in [0.25, 0.3) is 0 Å². The van der Waals surface area contributed by atoms with E-state index in [2.05, 4.69) is 15.5 Å². The van der Waals surface area contributed by atoms with E-state index in [4.69, 9.17) is 27.9 Å². The third kappa shape index (κ3) is 5.44. The van der Waals surface area contributed by atoms with E-state index in [1.54, 1.807) is 18.2 Å². The normalized spacial score (nSPS) is 10.8. The maximum Gasteiger partial charge on any atom is 0.234 e. The van der Waals surface area contributed by atoms with Crippen LogP contribution < -0.4 is 10.1 Å². The van der Waals surface area contributed by atoms with Gasteiger partial charge < -0.3 is 14.6 Å². The summed E-state index contributed by atoms with van der Waals surface area (Å²) in [7, 11) is 1.84. The molecule has 0 bridgehead atoms. The highest BCUT2D eigenvalue weighted by molar-refractivity contribution is 7.99. The fourth-order valence-corrected chi connectivity index (χ4v) is 3.70. The summed E-state index contributed by atoms with van der Waals surface area (Å²) in [5.74, 6) is 1.46. The first kappa shape index (κ1) is 21.5. The standard InChI is InChI=1S/C20H20Cl2N4O2S/c1-12-9-14(21)7-8-17(12)28-10-18-24-25-20(26(18)3)29-11-19(27)23-16-6-4-5-15(22)13(16)2/h4-9H,10-11H2,1-3H3,(H,23,27). The number of hydrogen-bond donors (Lipinski definition) is 1. The monoisotopic (exact) mass is 450 g/mol. The van der Waals surface area contributed by atoms with Crippen LogP contribution in [0.25, 0.3) is 0 Å². The highest BCUT2D eigenvalue weighted by Crippen LogP contribution is 2.25. The van der Waals surface area contributed by atoms with E-state index < -0.39 is 0 Å². The van der Waals surface area contributed by atoms with E-state index >= 15 is 0 Å². The van der Waals surface area contributed by atoms with E-state index in [0.29, 0.717) is 26.7 Å². The summed E-state index contributed by atoms with van der Waals surface area (Å²) >= 11 is 13.4. The van der Waals surface area contributed by atoms with Crippen molar-refractivity contribution in [1.82, 2.24) is 14.8 Å². The van der Waals surface area contributed by atoms with Crippen molar-refractivity contribution < 1.29 is 9.53 Å². The summed E-state index contributed by atoms with van der Waals surface area (Å²) in [6.07, 6.45) is 0. The van der Waals surface area contributed by atoms with Gasteiger partial charge in [-0.15, -0.1) is 10.2 Å². The van der Waals surface area contributed by atoms with Crippen LogP contribution in [0.15, 0.2) is 41.6 Å². The molecule has 152 valence electrons. The van der Waals surface area contributed by atoms with Crippen molar-refractivity contribution in [2.24, 2.45) is 7.05 Å². The Hall–Kier alpha value is -2.22. The molecule has 0 fully saturated rings. The molecule has 1 N–H and O–H groups in total. The van der Waals surface area contributed by atoms with Gasteiger partial charge in [-0.3, -0.25) is 4.79 Å². The zero-order valence-electron chi connectivity index (χ0n) is 16.2. The lowest BCUT2D eigenvalue weighted by Gasteiger charge is -2.10. The second-order valence-electron chi connectivity index (χ2n) is 6.41. The summed E-state index contributed by atoms with van der Waals surface area (Å²) < 4.78 is 7.63. The molecule has 0 saturated carbocycles. The van der Waals surface area contributed by atoms with Crippen molar-refractivity contribution in [3.8, 4) is 5.75 Å². The second kappa shape index (κ2) is 9.52. The van der Waals surface area contributed by atoms with E-state index in [-0.39, 0.29) is 18.3 Å². The summed E-state index contributed by atoms with van der Waals surface area (Å²) in [6, 6.07) is 10.9. The van der Waals surface area contributed by atoms with Crippen LogP contribution in [0.2, 0.25) is 10.0 Å². The fourth-order valence-electron chi connectivity index (χ4n) is 2.57. The van der Waals surface area contributed by atoms with Crippen molar-refractivity contribution in [3.05, 3.63) is 63.4 Å². The van der Waals surface area contributed by atoms with Crippen LogP contribution >= 0.6 is 35.0 Å². The number of nitrogens with one attached hydrogen (secondary N) is 1. The lowest BCUT2D eigenvalue weighted by molar-refractivity contribution is -0.113. The molecule has 0 unspecified atom stereocenters. The van der Waals surface area contributed by atoms with Crippen molar-refractivity contribution in [1.29, 1.82) is 0 Å². The first-order valence-corrected chi connectivity index (χ1v) is 10.5. The number of hydrogen-bond acceptors (Lipinski definition) is 5. The smallest absolute Gasteiger partial charge is 0.234 e. The maximum absolute atomic E-state index is 12.3. The van der Waals surface area contributed by atoms with Gasteiger partial charge in [-0.25, -0.2) is 0 Å². The van der Waals surface area contributed by atoms with Crippen molar-refractivity contribution in [2.75, 3.05) is 11.1 Å². The molecule has 1 aromatic heterocycles. The summed E-state index contributed by atoms with van der Waals surface area (Å²) in [5, 5.41) is 13.1. The molecule has 0 saturated heterocycles. The van der Waals surface area contributed by atoms with Gasteiger partial charge in [-0.1, -0.05) is 41.0 Å². The predicted octanol–water partition coefficient (Wildman–Crippen LogP) is 5.05. The molecule has 1 amide bonds. The third-order valence-electron chi connectivity index (χ3n) is 4.29. The minimum absolute atomic E-state index is 0.141. The largest absolute Gasteiger partial charge is 0.485 e. The molecule has 6 nitrogen and oxygen atoms in total. The van der Waals surface area contributed by atoms with Gasteiger partial charge in [0.2, 0.25) is 5.91 Å². The van der Waals surface area contributed by atoms with Crippen LogP contribution in [0.4, 0.5) is 5.69 Å². The number of amides is 1. The number of ether oxygens (including phenoxy) is 1. The number of aryl methyl sites for hydroxylation is 1. The number of anilines is 1. The number of rotatable bonds is 7. The highest BCUT2D eigenvalue weighted by atomic mass is 35.5. The number of nitrogens with zero attached hydrogens (tertiary/aromatic N) is 3. The Morgan fingerprint density at radius 3 is 2.76 bits per heavy atom. The van der Waals surface area contributed by atoms with Gasteiger partial charge in [-0.05, 0) is 55.3 Å². The van der Waals surface area contributed by atoms with Crippen molar-refractivity contribution in [2.45, 2.75) is 25.6 Å². The average molecular weight is 451 g/mol. The van der Waals surface area contributed by atoms with Crippen LogP contribution in [0, 0.1) is 13.8 Å². The molecule has 3 aromatic rings. The van der Waals surface area contributed by atoms with Gasteiger partial charge in [0.15, 0.2) is 11.0 Å². The number of carbonyl (C=O) groups is 1. The third-order valence-corrected chi connectivity index (χ3v) is 5.96. The Labute approximate surface area is 183 Å². The van der Waals surface area contributed by atoms with Gasteiger partial charge in [0, 0.05) is 22.8 Å². The Morgan fingerprint density at radius 2 is 2.00 bits per heavy atom. The van der Waals surface area contributed by atoms with Gasteiger partial charge >= 0.3 is 0 Å². The topological polar surface area (TPSA) is 69.0 Å². The van der Waals surface area contributed by atoms with Crippen LogP contribution in [-0.2, 0) is 18.4 Å². The first-order valence-electron chi connectivity index (χ1n) is 8.80. The Kier molecular flexibility index (Phi) is 7.05. The number of carbonyl (C=O) groups excluding carboxylic acids is 1. The molecule has 3 rings (SSSR count). The highest BCUT2D eigenvalue weighted by Gasteiger charge is 2.13. The molecule has 2 aromatic carbocycles. The van der Waals surface area contributed by atoms with Gasteiger partial charge in [0.05, 0.1) is 5.75 Å². The molecule has 0 aliphatic carbocycles. The maximum atomic E-state index is 12.3. The molecule has 0 radical (unpaired) electrons. The molecule has 0 aliphatic rings. The van der Waals surface area contributed by atoms with E-state index in [0.717, 1.165) is 16.9 Å². The number of halogens is 2. The molecule has 0 spiro atoms. The van der Waals surface area contributed by atoms with Crippen LogP contribution in [0.5, 0.6) is 5.75 Å². The minimum atomic E-state index is -0.141. The first-order chi connectivity index (χ1) is 13.8. The van der Waals surface area contributed by atoms with E-state index in [9.17, 15) is 4.79 Å². The molecule has 0 atom stereocenters. The van der Waals surface area contributed by atoms with Crippen LogP contribution in [0.3, 0.4) is 0 Å². The fraction of sp³-hybridized carbons (Fsp3) is 0.250. The quantitative estimate of drug-likeness (QED) is 0.510. The number of thioether (sulfide) groups is 1. The number of aromatic nitrogens is 3. The zero-order valence-corrected chi connectivity index (χ0v) is 18.5. The average Bonchev–Trinajstić information content (AvgIpc) is 3.03. The molecule has 1 heterocycles. The summed E-state index contributed by atoms with van der Waals surface area (Å²) in [5.41, 5.74) is 2.49. The van der Waals surface area contributed by atoms with E-state index in [1.165, 1.54) is 11.8 Å². The summed E-state index contributed by atoms with van der Waals surface area (Å²) in [4.78, 5) is 12.3. The number of benzene rings is 2. The molecule has 9 heteroatoms. The van der Waals surface area contributed by atoms with Crippen molar-refractivity contribution >= 4 is 46.6 Å². The van der Waals surface area contributed by atoms with Crippen molar-refractivity contribution in [3.63, 3.8) is 0 Å². The van der Waals surface area contributed by atoms with E-state index in [1.807, 2.05) is 43.7 Å². The molecule has 29 heavy (non-hydrogen) atoms. The molecule has 0 aliphatic heterocycles. The minimum Gasteiger partial charge on any atom is -0.485 e. The van der Waals surface area contributed by atoms with Crippen LogP contribution in [-0.4, -0.2) is 26.4 Å².